The van der Waals surface area contributed by atoms with Crippen LogP contribution in [0.15, 0.2) is 4.79 Å². The van der Waals surface area contributed by atoms with Crippen LogP contribution < -0.4 is 16.8 Å². The number of hydrazine groups is 1. The van der Waals surface area contributed by atoms with Crippen LogP contribution in [0, 0.1) is 6.92 Å². The van der Waals surface area contributed by atoms with E-state index in [1.54, 1.807) is 6.92 Å². The summed E-state index contributed by atoms with van der Waals surface area (Å²) in [6.45, 7) is 3.58. The molecule has 0 fully saturated rings. The van der Waals surface area contributed by atoms with Gasteiger partial charge in [0, 0.05) is 6.42 Å². The predicted molar refractivity (Wildman–Crippen MR) is 46.8 cm³/mol. The van der Waals surface area contributed by atoms with E-state index >= 15 is 0 Å². The largest absolute Gasteiger partial charge is 0.310 e. The summed E-state index contributed by atoms with van der Waals surface area (Å²) in [4.78, 5) is 17.9. The van der Waals surface area contributed by atoms with Crippen molar-refractivity contribution < 1.29 is 0 Å². The number of H-pyrrole nitrogens is 1. The van der Waals surface area contributed by atoms with Crippen molar-refractivity contribution in [2.75, 3.05) is 5.43 Å². The quantitative estimate of drug-likeness (QED) is 0.426. The smallest absolute Gasteiger partial charge is 0.255 e. The van der Waals surface area contributed by atoms with Crippen molar-refractivity contribution in [3.05, 3.63) is 21.7 Å². The van der Waals surface area contributed by atoms with Gasteiger partial charge in [-0.15, -0.1) is 0 Å². The van der Waals surface area contributed by atoms with Crippen LogP contribution in [0.1, 0.15) is 18.3 Å². The maximum Gasteiger partial charge on any atom is 0.255 e. The van der Waals surface area contributed by atoms with Crippen LogP contribution in [-0.2, 0) is 6.42 Å². The van der Waals surface area contributed by atoms with Gasteiger partial charge in [-0.2, -0.15) is 0 Å². The van der Waals surface area contributed by atoms with Crippen LogP contribution in [0.25, 0.3) is 0 Å². The van der Waals surface area contributed by atoms with Gasteiger partial charge < -0.3 is 10.4 Å². The Kier molecular flexibility index (Phi) is 2.44. The minimum Gasteiger partial charge on any atom is -0.310 e. The number of nitrogen functional groups attached to an aromatic ring is 1. The Balaban J connectivity index is 3.29. The number of hydrogen-bond donors (Lipinski definition) is 3. The van der Waals surface area contributed by atoms with E-state index in [2.05, 4.69) is 15.4 Å². The number of rotatable bonds is 2. The lowest BCUT2D eigenvalue weighted by Gasteiger charge is -2.04. The number of aromatic amines is 1. The lowest BCUT2D eigenvalue weighted by Crippen LogP contribution is -2.20. The van der Waals surface area contributed by atoms with Gasteiger partial charge in [0.1, 0.15) is 5.82 Å². The lowest BCUT2D eigenvalue weighted by molar-refractivity contribution is 0.906. The Morgan fingerprint density at radius 2 is 2.33 bits per heavy atom. The third-order valence-electron chi connectivity index (χ3n) is 1.67. The Hall–Kier alpha value is -1.36. The summed E-state index contributed by atoms with van der Waals surface area (Å²) in [5.41, 5.74) is 2.74. The van der Waals surface area contributed by atoms with Crippen molar-refractivity contribution in [1.82, 2.24) is 9.97 Å². The van der Waals surface area contributed by atoms with Gasteiger partial charge in [0.05, 0.1) is 5.56 Å². The number of aromatic nitrogens is 2. The topological polar surface area (TPSA) is 83.8 Å². The van der Waals surface area contributed by atoms with E-state index in [4.69, 9.17) is 5.84 Å². The van der Waals surface area contributed by atoms with E-state index in [9.17, 15) is 4.79 Å². The summed E-state index contributed by atoms with van der Waals surface area (Å²) >= 11 is 0. The fourth-order valence-corrected chi connectivity index (χ4v) is 0.887. The highest BCUT2D eigenvalue weighted by Crippen LogP contribution is 2.03. The van der Waals surface area contributed by atoms with Gasteiger partial charge in [-0.1, -0.05) is 6.92 Å². The molecule has 0 aliphatic rings. The van der Waals surface area contributed by atoms with Gasteiger partial charge >= 0.3 is 0 Å². The van der Waals surface area contributed by atoms with Crippen LogP contribution in [-0.4, -0.2) is 9.97 Å². The molecule has 0 bridgehead atoms. The molecule has 0 atom stereocenters. The second-order valence-corrected chi connectivity index (χ2v) is 2.48. The molecule has 0 amide bonds. The first-order valence-electron chi connectivity index (χ1n) is 3.75. The highest BCUT2D eigenvalue weighted by molar-refractivity contribution is 5.40. The SMILES string of the molecule is CCc1nc(NN)c(C)c(=O)[nH]1. The molecule has 0 aliphatic heterocycles. The summed E-state index contributed by atoms with van der Waals surface area (Å²) in [7, 11) is 0. The Labute approximate surface area is 70.0 Å². The normalized spacial score (nSPS) is 9.92. The molecule has 5 heteroatoms. The van der Waals surface area contributed by atoms with E-state index in [-0.39, 0.29) is 5.56 Å². The predicted octanol–water partition coefficient (Wildman–Crippen LogP) is -0.0737. The number of nitrogens with zero attached hydrogens (tertiary/aromatic N) is 1. The van der Waals surface area contributed by atoms with Crippen molar-refractivity contribution >= 4 is 5.82 Å². The fraction of sp³-hybridized carbons (Fsp3) is 0.429. The van der Waals surface area contributed by atoms with E-state index in [0.717, 1.165) is 0 Å². The van der Waals surface area contributed by atoms with Crippen molar-refractivity contribution in [3.8, 4) is 0 Å². The first-order valence-corrected chi connectivity index (χ1v) is 3.75. The second kappa shape index (κ2) is 3.36. The van der Waals surface area contributed by atoms with Crippen LogP contribution >= 0.6 is 0 Å². The molecule has 1 rings (SSSR count). The van der Waals surface area contributed by atoms with Crippen LogP contribution in [0.2, 0.25) is 0 Å². The summed E-state index contributed by atoms with van der Waals surface area (Å²) in [6, 6.07) is 0. The van der Waals surface area contributed by atoms with Crippen molar-refractivity contribution in [2.45, 2.75) is 20.3 Å². The highest BCUT2D eigenvalue weighted by Gasteiger charge is 2.03. The number of nitrogens with two attached hydrogens (primary N) is 1. The molecule has 0 saturated heterocycles. The van der Waals surface area contributed by atoms with Crippen LogP contribution in [0.3, 0.4) is 0 Å². The number of aryl methyl sites for hydroxylation is 1. The maximum absolute atomic E-state index is 11.2. The van der Waals surface area contributed by atoms with Crippen LogP contribution in [0.4, 0.5) is 5.82 Å². The van der Waals surface area contributed by atoms with Crippen molar-refractivity contribution in [3.63, 3.8) is 0 Å². The zero-order valence-corrected chi connectivity index (χ0v) is 7.14. The standard InChI is InChI=1S/C7H12N4O/c1-3-5-9-6(11-8)4(2)7(12)10-5/h3,8H2,1-2H3,(H2,9,10,11,12). The minimum absolute atomic E-state index is 0.144. The molecule has 0 saturated carbocycles. The summed E-state index contributed by atoms with van der Waals surface area (Å²) < 4.78 is 0. The second-order valence-electron chi connectivity index (χ2n) is 2.48. The van der Waals surface area contributed by atoms with Gasteiger partial charge in [0.2, 0.25) is 0 Å². The Bertz CT molecular complexity index is 331. The molecule has 1 aromatic heterocycles. The maximum atomic E-state index is 11.2. The van der Waals surface area contributed by atoms with Crippen molar-refractivity contribution in [1.29, 1.82) is 0 Å². The Morgan fingerprint density at radius 3 is 2.83 bits per heavy atom. The summed E-state index contributed by atoms with van der Waals surface area (Å²) in [5.74, 6) is 6.26. The number of nitrogens with one attached hydrogen (secondary N) is 2. The molecular formula is C7H12N4O. The third kappa shape index (κ3) is 1.45. The molecule has 4 N–H and O–H groups in total. The highest BCUT2D eigenvalue weighted by atomic mass is 16.1. The average Bonchev–Trinajstić information content (AvgIpc) is 2.09. The summed E-state index contributed by atoms with van der Waals surface area (Å²) in [5, 5.41) is 0. The van der Waals surface area contributed by atoms with Gasteiger partial charge in [0.25, 0.3) is 5.56 Å². The molecule has 0 aromatic carbocycles. The molecule has 1 aromatic rings. The Morgan fingerprint density at radius 1 is 1.67 bits per heavy atom. The van der Waals surface area contributed by atoms with Gasteiger partial charge in [-0.25, -0.2) is 10.8 Å². The molecule has 0 unspecified atom stereocenters. The molecule has 0 spiro atoms. The van der Waals surface area contributed by atoms with Gasteiger partial charge in [-0.05, 0) is 6.92 Å². The van der Waals surface area contributed by atoms with Crippen LogP contribution in [0.5, 0.6) is 0 Å². The lowest BCUT2D eigenvalue weighted by atomic mass is 10.3. The van der Waals surface area contributed by atoms with Gasteiger partial charge in [-0.3, -0.25) is 4.79 Å². The first-order chi connectivity index (χ1) is 5.69. The van der Waals surface area contributed by atoms with Gasteiger partial charge in [0.15, 0.2) is 5.82 Å². The molecule has 1 heterocycles. The monoisotopic (exact) mass is 168 g/mol. The van der Waals surface area contributed by atoms with E-state index in [1.807, 2.05) is 6.92 Å². The average molecular weight is 168 g/mol. The molecule has 0 radical (unpaired) electrons. The van der Waals surface area contributed by atoms with E-state index in [1.165, 1.54) is 0 Å². The first kappa shape index (κ1) is 8.73. The zero-order chi connectivity index (χ0) is 9.14. The number of anilines is 1. The molecule has 66 valence electrons. The van der Waals surface area contributed by atoms with E-state index in [0.29, 0.717) is 23.6 Å². The molecule has 5 nitrogen and oxygen atoms in total. The number of hydrogen-bond acceptors (Lipinski definition) is 4. The fourth-order valence-electron chi connectivity index (χ4n) is 0.887. The third-order valence-corrected chi connectivity index (χ3v) is 1.67. The van der Waals surface area contributed by atoms with Crippen molar-refractivity contribution in [2.24, 2.45) is 5.84 Å². The summed E-state index contributed by atoms with van der Waals surface area (Å²) in [6.07, 6.45) is 0.685. The molecule has 12 heavy (non-hydrogen) atoms. The molecule has 0 aliphatic carbocycles. The van der Waals surface area contributed by atoms with E-state index < -0.39 is 0 Å². The zero-order valence-electron chi connectivity index (χ0n) is 7.14. The molecular weight excluding hydrogens is 156 g/mol. The minimum atomic E-state index is -0.144.